The molecule has 0 bridgehead atoms. The highest BCUT2D eigenvalue weighted by Gasteiger charge is 2.33. The Labute approximate surface area is 192 Å². The van der Waals surface area contributed by atoms with Crippen LogP contribution in [0, 0.1) is 0 Å². The molecule has 4 aromatic rings. The number of furan rings is 1. The zero-order valence-electron chi connectivity index (χ0n) is 18.4. The van der Waals surface area contributed by atoms with Crippen LogP contribution in [0.3, 0.4) is 0 Å². The lowest BCUT2D eigenvalue weighted by atomic mass is 9.83. The summed E-state index contributed by atoms with van der Waals surface area (Å²) in [6.07, 6.45) is 2.25. The lowest BCUT2D eigenvalue weighted by Gasteiger charge is -2.33. The molecule has 4 rings (SSSR count). The number of methoxy groups -OCH3 is 1. The largest absolute Gasteiger partial charge is 0.479 e. The highest BCUT2D eigenvalue weighted by atomic mass is 16.5. The van der Waals surface area contributed by atoms with Gasteiger partial charge in [-0.25, -0.2) is 4.79 Å². The van der Waals surface area contributed by atoms with Crippen LogP contribution in [-0.4, -0.2) is 31.4 Å². The number of rotatable bonds is 11. The van der Waals surface area contributed by atoms with Crippen molar-refractivity contribution in [3.8, 4) is 5.75 Å². The average Bonchev–Trinajstić information content (AvgIpc) is 3.28. The topological polar surface area (TPSA) is 78.1 Å². The molecule has 0 fully saturated rings. The molecule has 33 heavy (non-hydrogen) atoms. The van der Waals surface area contributed by atoms with Crippen molar-refractivity contribution in [2.75, 3.05) is 20.3 Å². The van der Waals surface area contributed by atoms with Crippen LogP contribution in [0.15, 0.2) is 89.5 Å². The molecule has 0 aliphatic carbocycles. The van der Waals surface area contributed by atoms with Gasteiger partial charge in [0.05, 0.1) is 19.5 Å². The molecular weight excluding hydrogens is 420 g/mol. The first-order chi connectivity index (χ1) is 16.1. The van der Waals surface area contributed by atoms with E-state index < -0.39 is 18.2 Å². The SMILES string of the molecule is COC(CCOCc1coc2c(OCC(=O)O)cccc12)(c1ccccc1)c1ccccc1. The van der Waals surface area contributed by atoms with Gasteiger partial charge in [0.25, 0.3) is 0 Å². The Kier molecular flexibility index (Phi) is 7.07. The van der Waals surface area contributed by atoms with Gasteiger partial charge in [0.2, 0.25) is 0 Å². The fourth-order valence-corrected chi connectivity index (χ4v) is 4.05. The molecule has 0 saturated heterocycles. The fourth-order valence-electron chi connectivity index (χ4n) is 4.05. The van der Waals surface area contributed by atoms with Crippen molar-refractivity contribution >= 4 is 16.9 Å². The van der Waals surface area contributed by atoms with Gasteiger partial charge in [-0.05, 0) is 17.2 Å². The zero-order valence-corrected chi connectivity index (χ0v) is 18.4. The summed E-state index contributed by atoms with van der Waals surface area (Å²) in [5.74, 6) is -0.645. The molecule has 0 spiro atoms. The van der Waals surface area contributed by atoms with E-state index in [2.05, 4.69) is 24.3 Å². The smallest absolute Gasteiger partial charge is 0.341 e. The second-order valence-corrected chi connectivity index (χ2v) is 7.64. The van der Waals surface area contributed by atoms with Crippen molar-refractivity contribution < 1.29 is 28.5 Å². The van der Waals surface area contributed by atoms with Crippen LogP contribution in [0.25, 0.3) is 11.0 Å². The quantitative estimate of drug-likeness (QED) is 0.311. The van der Waals surface area contributed by atoms with Crippen LogP contribution in [0.2, 0.25) is 0 Å². The molecule has 1 heterocycles. The molecule has 170 valence electrons. The van der Waals surface area contributed by atoms with E-state index in [9.17, 15) is 4.79 Å². The molecule has 0 radical (unpaired) electrons. The molecule has 0 unspecified atom stereocenters. The van der Waals surface area contributed by atoms with Gasteiger partial charge in [0, 0.05) is 24.5 Å². The Balaban J connectivity index is 1.48. The Hall–Kier alpha value is -3.61. The molecule has 3 aromatic carbocycles. The third kappa shape index (κ3) is 4.92. The van der Waals surface area contributed by atoms with Crippen molar-refractivity contribution in [1.29, 1.82) is 0 Å². The average molecular weight is 446 g/mol. The van der Waals surface area contributed by atoms with E-state index in [0.717, 1.165) is 22.1 Å². The maximum Gasteiger partial charge on any atom is 0.341 e. The van der Waals surface area contributed by atoms with Gasteiger partial charge in [-0.3, -0.25) is 0 Å². The van der Waals surface area contributed by atoms with E-state index in [-0.39, 0.29) is 0 Å². The van der Waals surface area contributed by atoms with Crippen LogP contribution in [-0.2, 0) is 26.5 Å². The van der Waals surface area contributed by atoms with Crippen LogP contribution >= 0.6 is 0 Å². The third-order valence-electron chi connectivity index (χ3n) is 5.68. The van der Waals surface area contributed by atoms with Gasteiger partial charge in [0.15, 0.2) is 17.9 Å². The molecular formula is C27H26O6. The predicted molar refractivity (Wildman–Crippen MR) is 124 cm³/mol. The second kappa shape index (κ2) is 10.3. The molecule has 0 amide bonds. The summed E-state index contributed by atoms with van der Waals surface area (Å²) < 4.78 is 23.1. The second-order valence-electron chi connectivity index (χ2n) is 7.64. The molecule has 1 aromatic heterocycles. The molecule has 6 nitrogen and oxygen atoms in total. The summed E-state index contributed by atoms with van der Waals surface area (Å²) in [6, 6.07) is 25.7. The van der Waals surface area contributed by atoms with Gasteiger partial charge in [-0.15, -0.1) is 0 Å². The number of carboxylic acids is 1. The van der Waals surface area contributed by atoms with E-state index in [0.29, 0.717) is 31.0 Å². The summed E-state index contributed by atoms with van der Waals surface area (Å²) >= 11 is 0. The first kappa shape index (κ1) is 22.6. The Bertz CT molecular complexity index is 1140. The maximum absolute atomic E-state index is 10.8. The van der Waals surface area contributed by atoms with Gasteiger partial charge in [-0.1, -0.05) is 72.8 Å². The van der Waals surface area contributed by atoms with E-state index in [1.165, 1.54) is 0 Å². The first-order valence-corrected chi connectivity index (χ1v) is 10.7. The van der Waals surface area contributed by atoms with Crippen molar-refractivity contribution in [2.24, 2.45) is 0 Å². The summed E-state index contributed by atoms with van der Waals surface area (Å²) in [4.78, 5) is 10.8. The molecule has 0 atom stereocenters. The third-order valence-corrected chi connectivity index (χ3v) is 5.68. The van der Waals surface area contributed by atoms with E-state index in [1.54, 1.807) is 25.5 Å². The normalized spacial score (nSPS) is 11.5. The number of carboxylic acid groups (broad SMARTS) is 1. The molecule has 6 heteroatoms. The van der Waals surface area contributed by atoms with Crippen LogP contribution in [0.1, 0.15) is 23.1 Å². The minimum Gasteiger partial charge on any atom is -0.479 e. The number of aliphatic carboxylic acids is 1. The van der Waals surface area contributed by atoms with E-state index >= 15 is 0 Å². The van der Waals surface area contributed by atoms with Gasteiger partial charge >= 0.3 is 5.97 Å². The van der Waals surface area contributed by atoms with Crippen LogP contribution in [0.4, 0.5) is 0 Å². The van der Waals surface area contributed by atoms with E-state index in [1.807, 2.05) is 42.5 Å². The Morgan fingerprint density at radius 2 is 1.61 bits per heavy atom. The standard InChI is InChI=1S/C27H26O6/c1-30-27(21-9-4-2-5-10-21,22-11-6-3-7-12-22)15-16-31-17-20-18-33-26-23(20)13-8-14-24(26)32-19-25(28)29/h2-14,18H,15-17,19H2,1H3,(H,28,29). The highest BCUT2D eigenvalue weighted by Crippen LogP contribution is 2.37. The minimum absolute atomic E-state index is 0.346. The number of para-hydroxylation sites is 1. The molecule has 0 aliphatic rings. The van der Waals surface area contributed by atoms with Gasteiger partial charge < -0.3 is 23.7 Å². The Morgan fingerprint density at radius 3 is 2.21 bits per heavy atom. The summed E-state index contributed by atoms with van der Waals surface area (Å²) in [5.41, 5.74) is 2.89. The van der Waals surface area contributed by atoms with Crippen molar-refractivity contribution in [3.63, 3.8) is 0 Å². The molecule has 0 saturated carbocycles. The first-order valence-electron chi connectivity index (χ1n) is 10.7. The molecule has 1 N–H and O–H groups in total. The monoisotopic (exact) mass is 446 g/mol. The summed E-state index contributed by atoms with van der Waals surface area (Å²) in [5, 5.41) is 9.70. The zero-order chi connectivity index (χ0) is 23.1. The maximum atomic E-state index is 10.8. The number of hydrogen-bond donors (Lipinski definition) is 1. The number of fused-ring (bicyclic) bond motifs is 1. The van der Waals surface area contributed by atoms with Crippen LogP contribution in [0.5, 0.6) is 5.75 Å². The fraction of sp³-hybridized carbons (Fsp3) is 0.222. The lowest BCUT2D eigenvalue weighted by molar-refractivity contribution is -0.139. The van der Waals surface area contributed by atoms with Crippen LogP contribution < -0.4 is 4.74 Å². The predicted octanol–water partition coefficient (Wildman–Crippen LogP) is 5.39. The van der Waals surface area contributed by atoms with Gasteiger partial charge in [-0.2, -0.15) is 0 Å². The molecule has 0 aliphatic heterocycles. The number of ether oxygens (including phenoxy) is 3. The summed E-state index contributed by atoms with van der Waals surface area (Å²) in [7, 11) is 1.72. The Morgan fingerprint density at radius 1 is 0.939 bits per heavy atom. The van der Waals surface area contributed by atoms with Crippen molar-refractivity contribution in [2.45, 2.75) is 18.6 Å². The minimum atomic E-state index is -1.04. The summed E-state index contributed by atoms with van der Waals surface area (Å²) in [6.45, 7) is 0.377. The number of benzene rings is 3. The van der Waals surface area contributed by atoms with E-state index in [4.69, 9.17) is 23.7 Å². The van der Waals surface area contributed by atoms with Gasteiger partial charge in [0.1, 0.15) is 5.60 Å². The lowest BCUT2D eigenvalue weighted by Crippen LogP contribution is -2.31. The van der Waals surface area contributed by atoms with Crippen molar-refractivity contribution in [3.05, 3.63) is 102 Å². The number of hydrogen-bond acceptors (Lipinski definition) is 5. The number of carbonyl (C=O) groups is 1. The highest BCUT2D eigenvalue weighted by molar-refractivity contribution is 5.86. The van der Waals surface area contributed by atoms with Crippen molar-refractivity contribution in [1.82, 2.24) is 0 Å².